The second kappa shape index (κ2) is 5.25. The molecule has 0 aromatic rings. The maximum absolute atomic E-state index is 11.3. The zero-order valence-electron chi connectivity index (χ0n) is 12.0. The van der Waals surface area contributed by atoms with Crippen LogP contribution in [-0.2, 0) is 9.53 Å². The molecular weight excluding hydrogens is 244 g/mol. The summed E-state index contributed by atoms with van der Waals surface area (Å²) in [5.74, 6) is -0.113. The Bertz CT molecular complexity index is 395. The Morgan fingerprint density at radius 3 is 2.68 bits per heavy atom. The Hall–Kier alpha value is -0.870. The molecule has 0 spiro atoms. The first-order chi connectivity index (χ1) is 8.84. The summed E-state index contributed by atoms with van der Waals surface area (Å²) in [6, 6.07) is 0. The van der Waals surface area contributed by atoms with Gasteiger partial charge in [-0.2, -0.15) is 0 Å². The predicted molar refractivity (Wildman–Crippen MR) is 71.4 cm³/mol. The Balaban J connectivity index is 2.32. The van der Waals surface area contributed by atoms with Crippen molar-refractivity contribution in [2.75, 3.05) is 13.2 Å². The van der Waals surface area contributed by atoms with Gasteiger partial charge in [0, 0.05) is 11.8 Å². The van der Waals surface area contributed by atoms with E-state index in [1.807, 2.05) is 0 Å². The number of aliphatic hydroxyl groups is 2. The van der Waals surface area contributed by atoms with Crippen molar-refractivity contribution in [1.29, 1.82) is 0 Å². The molecule has 0 aromatic carbocycles. The first-order valence-corrected chi connectivity index (χ1v) is 7.00. The number of carbonyl (C=O) groups excluding carboxylic acids is 1. The minimum absolute atomic E-state index is 0.0114. The highest BCUT2D eigenvalue weighted by atomic mass is 16.5. The van der Waals surface area contributed by atoms with Crippen molar-refractivity contribution in [3.63, 3.8) is 0 Å². The molecule has 1 saturated heterocycles. The summed E-state index contributed by atoms with van der Waals surface area (Å²) in [6.45, 7) is 6.49. The van der Waals surface area contributed by atoms with E-state index >= 15 is 0 Å². The summed E-state index contributed by atoms with van der Waals surface area (Å²) in [6.07, 6.45) is 1.73. The molecule has 108 valence electrons. The molecule has 4 nitrogen and oxygen atoms in total. The number of hydrogen-bond donors (Lipinski definition) is 2. The average Bonchev–Trinajstić information content (AvgIpc) is 2.84. The maximum Gasteiger partial charge on any atom is 0.306 e. The zero-order chi connectivity index (χ0) is 14.2. The molecular formula is C15H24O4. The van der Waals surface area contributed by atoms with Crippen molar-refractivity contribution in [3.8, 4) is 0 Å². The van der Waals surface area contributed by atoms with Gasteiger partial charge >= 0.3 is 5.97 Å². The fourth-order valence-corrected chi connectivity index (χ4v) is 3.48. The minimum atomic E-state index is -0.420. The van der Waals surface area contributed by atoms with Gasteiger partial charge in [-0.25, -0.2) is 0 Å². The van der Waals surface area contributed by atoms with Crippen LogP contribution in [0.3, 0.4) is 0 Å². The second-order valence-electron chi connectivity index (χ2n) is 6.68. The van der Waals surface area contributed by atoms with Gasteiger partial charge in [0.1, 0.15) is 0 Å². The average molecular weight is 268 g/mol. The molecule has 2 N–H and O–H groups in total. The molecule has 4 heteroatoms. The SMILES string of the molecule is CC(O)[C@@H]1CC(C)(C)CC1=C(CO)[C@H]1COC(=O)C1. The van der Waals surface area contributed by atoms with E-state index in [1.54, 1.807) is 6.92 Å². The van der Waals surface area contributed by atoms with E-state index in [2.05, 4.69) is 13.8 Å². The van der Waals surface area contributed by atoms with Crippen molar-refractivity contribution in [3.05, 3.63) is 11.1 Å². The monoisotopic (exact) mass is 268 g/mol. The van der Waals surface area contributed by atoms with Crippen LogP contribution in [0.5, 0.6) is 0 Å². The van der Waals surface area contributed by atoms with E-state index in [1.165, 1.54) is 0 Å². The van der Waals surface area contributed by atoms with E-state index in [0.717, 1.165) is 24.0 Å². The lowest BCUT2D eigenvalue weighted by molar-refractivity contribution is -0.137. The number of carbonyl (C=O) groups is 1. The summed E-state index contributed by atoms with van der Waals surface area (Å²) >= 11 is 0. The molecule has 1 saturated carbocycles. The number of ether oxygens (including phenoxy) is 1. The van der Waals surface area contributed by atoms with E-state index in [4.69, 9.17) is 4.74 Å². The number of hydrogen-bond acceptors (Lipinski definition) is 4. The van der Waals surface area contributed by atoms with Gasteiger partial charge in [0.15, 0.2) is 0 Å². The Morgan fingerprint density at radius 2 is 2.21 bits per heavy atom. The zero-order valence-corrected chi connectivity index (χ0v) is 12.0. The first-order valence-electron chi connectivity index (χ1n) is 7.00. The molecule has 2 fully saturated rings. The molecule has 0 aromatic heterocycles. The molecule has 0 bridgehead atoms. The van der Waals surface area contributed by atoms with Crippen LogP contribution in [0.15, 0.2) is 11.1 Å². The van der Waals surface area contributed by atoms with Gasteiger partial charge in [-0.3, -0.25) is 4.79 Å². The van der Waals surface area contributed by atoms with Crippen LogP contribution < -0.4 is 0 Å². The Morgan fingerprint density at radius 1 is 1.53 bits per heavy atom. The summed E-state index contributed by atoms with van der Waals surface area (Å²) in [4.78, 5) is 11.3. The third-order valence-electron chi connectivity index (χ3n) is 4.41. The lowest BCUT2D eigenvalue weighted by atomic mass is 9.87. The third kappa shape index (κ3) is 3.00. The fraction of sp³-hybridized carbons (Fsp3) is 0.800. The van der Waals surface area contributed by atoms with Gasteiger partial charge in [-0.1, -0.05) is 19.4 Å². The highest BCUT2D eigenvalue weighted by Crippen LogP contribution is 2.48. The number of rotatable bonds is 3. The maximum atomic E-state index is 11.3. The molecule has 2 aliphatic rings. The van der Waals surface area contributed by atoms with Crippen LogP contribution in [-0.4, -0.2) is 35.5 Å². The van der Waals surface area contributed by atoms with Gasteiger partial charge in [0.25, 0.3) is 0 Å². The Kier molecular flexibility index (Phi) is 4.02. The second-order valence-corrected chi connectivity index (χ2v) is 6.68. The van der Waals surface area contributed by atoms with Crippen LogP contribution in [0.4, 0.5) is 0 Å². The summed E-state index contributed by atoms with van der Waals surface area (Å²) < 4.78 is 5.01. The molecule has 1 heterocycles. The van der Waals surface area contributed by atoms with Crippen LogP contribution >= 0.6 is 0 Å². The Labute approximate surface area is 114 Å². The van der Waals surface area contributed by atoms with Gasteiger partial charge in [-0.15, -0.1) is 0 Å². The summed E-state index contributed by atoms with van der Waals surface area (Å²) in [5.41, 5.74) is 2.20. The van der Waals surface area contributed by atoms with Gasteiger partial charge in [0.05, 0.1) is 25.7 Å². The molecule has 1 unspecified atom stereocenters. The van der Waals surface area contributed by atoms with Crippen molar-refractivity contribution >= 4 is 5.97 Å². The molecule has 1 aliphatic heterocycles. The largest absolute Gasteiger partial charge is 0.465 e. The van der Waals surface area contributed by atoms with E-state index < -0.39 is 6.10 Å². The fourth-order valence-electron chi connectivity index (χ4n) is 3.48. The van der Waals surface area contributed by atoms with Crippen LogP contribution in [0.1, 0.15) is 40.0 Å². The smallest absolute Gasteiger partial charge is 0.306 e. The predicted octanol–water partition coefficient (Wildman–Crippen LogP) is 1.66. The molecule has 1 aliphatic carbocycles. The first kappa shape index (κ1) is 14.5. The lowest BCUT2D eigenvalue weighted by Gasteiger charge is -2.21. The normalized spacial score (nSPS) is 34.3. The number of esters is 1. The van der Waals surface area contributed by atoms with E-state index in [-0.39, 0.29) is 29.8 Å². The lowest BCUT2D eigenvalue weighted by Crippen LogP contribution is -2.20. The van der Waals surface area contributed by atoms with Gasteiger partial charge < -0.3 is 14.9 Å². The quantitative estimate of drug-likeness (QED) is 0.603. The third-order valence-corrected chi connectivity index (χ3v) is 4.41. The van der Waals surface area contributed by atoms with E-state index in [0.29, 0.717) is 13.0 Å². The summed E-state index contributed by atoms with van der Waals surface area (Å²) in [7, 11) is 0. The number of cyclic esters (lactones) is 1. The van der Waals surface area contributed by atoms with Crippen molar-refractivity contribution in [2.45, 2.75) is 46.1 Å². The molecule has 0 amide bonds. The summed E-state index contributed by atoms with van der Waals surface area (Å²) in [5, 5.41) is 19.7. The van der Waals surface area contributed by atoms with Gasteiger partial charge in [0.2, 0.25) is 0 Å². The van der Waals surface area contributed by atoms with Crippen molar-refractivity contribution < 1.29 is 19.7 Å². The molecule has 19 heavy (non-hydrogen) atoms. The molecule has 0 radical (unpaired) electrons. The van der Waals surface area contributed by atoms with E-state index in [9.17, 15) is 15.0 Å². The standard InChI is InChI=1S/C15H24O4/c1-9(17)11-5-15(2,3)6-12(11)13(7-16)10-4-14(18)19-8-10/h9-11,16-17H,4-8H2,1-3H3/t9?,10-,11+/m1/s1. The molecule has 2 rings (SSSR count). The molecule has 3 atom stereocenters. The van der Waals surface area contributed by atoms with Crippen LogP contribution in [0, 0.1) is 17.3 Å². The van der Waals surface area contributed by atoms with Crippen LogP contribution in [0.25, 0.3) is 0 Å². The van der Waals surface area contributed by atoms with Crippen LogP contribution in [0.2, 0.25) is 0 Å². The minimum Gasteiger partial charge on any atom is -0.465 e. The van der Waals surface area contributed by atoms with Crippen molar-refractivity contribution in [2.24, 2.45) is 17.3 Å². The highest BCUT2D eigenvalue weighted by Gasteiger charge is 2.40. The van der Waals surface area contributed by atoms with Crippen molar-refractivity contribution in [1.82, 2.24) is 0 Å². The van der Waals surface area contributed by atoms with Gasteiger partial charge in [-0.05, 0) is 30.8 Å². The highest BCUT2D eigenvalue weighted by molar-refractivity contribution is 5.72. The topological polar surface area (TPSA) is 66.8 Å². The number of aliphatic hydroxyl groups excluding tert-OH is 2.